The summed E-state index contributed by atoms with van der Waals surface area (Å²) < 4.78 is 3.75. The minimum absolute atomic E-state index is 0.197. The summed E-state index contributed by atoms with van der Waals surface area (Å²) in [5, 5.41) is 7.45. The molecule has 0 radical (unpaired) electrons. The molecule has 3 N–H and O–H groups in total. The molecule has 3 heterocycles. The highest BCUT2D eigenvalue weighted by Crippen LogP contribution is 2.42. The summed E-state index contributed by atoms with van der Waals surface area (Å²) in [7, 11) is 0. The molecule has 0 spiro atoms. The van der Waals surface area contributed by atoms with Crippen molar-refractivity contribution in [3.05, 3.63) is 190 Å². The molecule has 0 amide bonds. The van der Waals surface area contributed by atoms with Gasteiger partial charge in [0.1, 0.15) is 12.0 Å². The van der Waals surface area contributed by atoms with Crippen LogP contribution in [0.1, 0.15) is 38.9 Å². The first-order valence-corrected chi connectivity index (χ1v) is 18.3. The van der Waals surface area contributed by atoms with Crippen molar-refractivity contribution in [3.8, 4) is 0 Å². The van der Waals surface area contributed by atoms with Crippen LogP contribution >= 0.6 is 22.7 Å². The third-order valence-electron chi connectivity index (χ3n) is 9.18. The third kappa shape index (κ3) is 5.68. The number of allylic oxidation sites excluding steroid dienone is 1. The van der Waals surface area contributed by atoms with Crippen LogP contribution in [-0.2, 0) is 6.42 Å². The van der Waals surface area contributed by atoms with Crippen LogP contribution in [0.3, 0.4) is 0 Å². The van der Waals surface area contributed by atoms with Gasteiger partial charge in [0, 0.05) is 58.4 Å². The fourth-order valence-electron chi connectivity index (χ4n) is 6.76. The van der Waals surface area contributed by atoms with E-state index in [0.717, 1.165) is 45.6 Å². The Morgan fingerprint density at radius 1 is 0.680 bits per heavy atom. The topological polar surface area (TPSA) is 62.8 Å². The molecule has 0 bridgehead atoms. The molecule has 9 rings (SSSR count). The van der Waals surface area contributed by atoms with Gasteiger partial charge in [0.15, 0.2) is 0 Å². The molecule has 6 heteroatoms. The lowest BCUT2D eigenvalue weighted by Gasteiger charge is -2.25. The number of hydrogen-bond acceptors (Lipinski definition) is 5. The predicted octanol–water partition coefficient (Wildman–Crippen LogP) is 11.0. The average molecular weight is 681 g/mol. The predicted molar refractivity (Wildman–Crippen MR) is 214 cm³/mol. The van der Waals surface area contributed by atoms with E-state index in [1.165, 1.54) is 40.9 Å². The maximum absolute atomic E-state index is 6.58. The summed E-state index contributed by atoms with van der Waals surface area (Å²) in [5.41, 5.74) is 15.2. The SMILES string of the molecule is NC(=Nc1c(Cc2ccc3sc4cccc(C5=CC(c6ccccc6)=NC(c6ccccc6)N5)c4c3c2)sc2ccccc12)c1ccccc1. The van der Waals surface area contributed by atoms with Crippen LogP contribution in [0.5, 0.6) is 0 Å². The Labute approximate surface area is 298 Å². The van der Waals surface area contributed by atoms with Gasteiger partial charge in [0.2, 0.25) is 0 Å². The minimum Gasteiger partial charge on any atom is -0.383 e. The summed E-state index contributed by atoms with van der Waals surface area (Å²) in [6, 6.07) is 53.0. The van der Waals surface area contributed by atoms with E-state index in [1.54, 1.807) is 11.3 Å². The van der Waals surface area contributed by atoms with Crippen LogP contribution in [0, 0.1) is 0 Å². The third-order valence-corrected chi connectivity index (χ3v) is 11.5. The van der Waals surface area contributed by atoms with Gasteiger partial charge < -0.3 is 11.1 Å². The van der Waals surface area contributed by atoms with Gasteiger partial charge >= 0.3 is 0 Å². The number of hydrogen-bond donors (Lipinski definition) is 2. The Balaban J connectivity index is 1.15. The lowest BCUT2D eigenvalue weighted by atomic mass is 9.97. The summed E-state index contributed by atoms with van der Waals surface area (Å²) in [5.74, 6) is 0.528. The van der Waals surface area contributed by atoms with Crippen molar-refractivity contribution < 1.29 is 0 Å². The van der Waals surface area contributed by atoms with Crippen molar-refractivity contribution in [2.24, 2.45) is 15.7 Å². The van der Waals surface area contributed by atoms with E-state index in [0.29, 0.717) is 5.84 Å². The first-order valence-electron chi connectivity index (χ1n) is 16.7. The molecule has 1 aliphatic heterocycles. The maximum atomic E-state index is 6.58. The molecular weight excluding hydrogens is 649 g/mol. The number of nitrogens with one attached hydrogen (secondary N) is 1. The number of nitrogens with two attached hydrogens (primary N) is 1. The average Bonchev–Trinajstić information content (AvgIpc) is 3.73. The Hall–Kier alpha value is -5.82. The highest BCUT2D eigenvalue weighted by atomic mass is 32.1. The molecule has 50 heavy (non-hydrogen) atoms. The molecule has 240 valence electrons. The van der Waals surface area contributed by atoms with Crippen molar-refractivity contribution in [1.29, 1.82) is 0 Å². The van der Waals surface area contributed by atoms with Gasteiger partial charge in [0.25, 0.3) is 0 Å². The van der Waals surface area contributed by atoms with Crippen LogP contribution in [-0.4, -0.2) is 11.5 Å². The molecule has 2 aromatic heterocycles. The molecule has 8 aromatic rings. The number of aliphatic imine (C=N–C) groups is 2. The van der Waals surface area contributed by atoms with Crippen LogP contribution in [0.25, 0.3) is 36.0 Å². The zero-order valence-electron chi connectivity index (χ0n) is 27.1. The van der Waals surface area contributed by atoms with Crippen molar-refractivity contribution in [1.82, 2.24) is 5.32 Å². The molecular formula is C44H32N4S2. The first kappa shape index (κ1) is 30.3. The second kappa shape index (κ2) is 12.9. The number of thiophene rings is 2. The normalized spacial score (nSPS) is 14.9. The Morgan fingerprint density at radius 2 is 1.38 bits per heavy atom. The van der Waals surface area contributed by atoms with Crippen LogP contribution < -0.4 is 11.1 Å². The molecule has 0 aliphatic carbocycles. The zero-order chi connectivity index (χ0) is 33.4. The van der Waals surface area contributed by atoms with Gasteiger partial charge in [-0.25, -0.2) is 4.99 Å². The number of rotatable bonds is 7. The van der Waals surface area contributed by atoms with Crippen LogP contribution in [0.15, 0.2) is 168 Å². The molecule has 1 atom stereocenters. The fraction of sp³-hybridized carbons (Fsp3) is 0.0455. The highest BCUT2D eigenvalue weighted by molar-refractivity contribution is 7.25. The lowest BCUT2D eigenvalue weighted by molar-refractivity contribution is 0.664. The van der Waals surface area contributed by atoms with Gasteiger partial charge in [-0.05, 0) is 47.0 Å². The smallest absolute Gasteiger partial charge is 0.145 e. The van der Waals surface area contributed by atoms with Crippen LogP contribution in [0.2, 0.25) is 0 Å². The van der Waals surface area contributed by atoms with Gasteiger partial charge in [-0.1, -0.05) is 127 Å². The monoisotopic (exact) mass is 680 g/mol. The molecule has 6 aromatic carbocycles. The molecule has 0 fully saturated rings. The quantitative estimate of drug-likeness (QED) is 0.130. The van der Waals surface area contributed by atoms with Crippen molar-refractivity contribution in [2.75, 3.05) is 0 Å². The Morgan fingerprint density at radius 3 is 2.20 bits per heavy atom. The highest BCUT2D eigenvalue weighted by Gasteiger charge is 2.22. The largest absolute Gasteiger partial charge is 0.383 e. The summed E-state index contributed by atoms with van der Waals surface area (Å²) in [6.45, 7) is 0. The molecule has 1 aliphatic rings. The van der Waals surface area contributed by atoms with Gasteiger partial charge in [-0.2, -0.15) is 0 Å². The summed E-state index contributed by atoms with van der Waals surface area (Å²) in [4.78, 5) is 11.4. The van der Waals surface area contributed by atoms with E-state index >= 15 is 0 Å². The zero-order valence-corrected chi connectivity index (χ0v) is 28.7. The molecule has 0 saturated carbocycles. The van der Waals surface area contributed by atoms with Crippen molar-refractivity contribution >= 4 is 75.9 Å². The minimum atomic E-state index is -0.197. The van der Waals surface area contributed by atoms with Gasteiger partial charge in [-0.15, -0.1) is 22.7 Å². The number of amidine groups is 1. The Bertz CT molecular complexity index is 2600. The molecule has 1 unspecified atom stereocenters. The summed E-state index contributed by atoms with van der Waals surface area (Å²) >= 11 is 3.64. The molecule has 0 saturated heterocycles. The second-order valence-electron chi connectivity index (χ2n) is 12.4. The number of benzene rings is 6. The summed E-state index contributed by atoms with van der Waals surface area (Å²) in [6.07, 6.45) is 2.77. The van der Waals surface area contributed by atoms with E-state index in [9.17, 15) is 0 Å². The van der Waals surface area contributed by atoms with E-state index in [2.05, 4.69) is 121 Å². The lowest BCUT2D eigenvalue weighted by Crippen LogP contribution is -2.24. The second-order valence-corrected chi connectivity index (χ2v) is 14.6. The van der Waals surface area contributed by atoms with Crippen molar-refractivity contribution in [2.45, 2.75) is 12.6 Å². The maximum Gasteiger partial charge on any atom is 0.145 e. The van der Waals surface area contributed by atoms with Crippen LogP contribution in [0.4, 0.5) is 5.69 Å². The first-order chi connectivity index (χ1) is 24.7. The van der Waals surface area contributed by atoms with Gasteiger partial charge in [-0.3, -0.25) is 4.99 Å². The van der Waals surface area contributed by atoms with E-state index < -0.39 is 0 Å². The number of nitrogens with zero attached hydrogens (tertiary/aromatic N) is 2. The standard InChI is InChI=1S/C44H32N4S2/c45-43(30-15-6-2-7-16-30)48-42-33-19-10-11-21-37(33)50-40(42)26-28-23-24-38-34(25-28)41-32(20-12-22-39(41)49-38)36-27-35(29-13-4-1-5-14-29)46-44(47-36)31-17-8-3-9-18-31/h1-25,27,44,47H,26H2,(H2,45,48). The fourth-order valence-corrected chi connectivity index (χ4v) is 9.05. The number of fused-ring (bicyclic) bond motifs is 4. The van der Waals surface area contributed by atoms with E-state index in [1.807, 2.05) is 53.8 Å². The van der Waals surface area contributed by atoms with E-state index in [4.69, 9.17) is 15.7 Å². The van der Waals surface area contributed by atoms with Gasteiger partial charge in [0.05, 0.1) is 11.4 Å². The van der Waals surface area contributed by atoms with E-state index in [-0.39, 0.29) is 6.17 Å². The van der Waals surface area contributed by atoms with Crippen molar-refractivity contribution in [3.63, 3.8) is 0 Å². The molecule has 4 nitrogen and oxygen atoms in total. The Kier molecular flexibility index (Phi) is 7.80.